The fraction of sp³-hybridized carbons (Fsp3) is 0.800. The maximum absolute atomic E-state index is 11.4. The molecule has 0 aliphatic heterocycles. The van der Waals surface area contributed by atoms with Gasteiger partial charge in [-0.25, -0.2) is 0 Å². The van der Waals surface area contributed by atoms with Gasteiger partial charge in [0.25, 0.3) is 0 Å². The Bertz CT molecular complexity index is 233. The molecule has 16 heavy (non-hydrogen) atoms. The van der Waals surface area contributed by atoms with Gasteiger partial charge < -0.3 is 21.1 Å². The average Bonchev–Trinajstić information content (AvgIpc) is 2.27. The summed E-state index contributed by atoms with van der Waals surface area (Å²) in [5.74, 6) is -0.550. The highest BCUT2D eigenvalue weighted by Crippen LogP contribution is 1.89. The van der Waals surface area contributed by atoms with Gasteiger partial charge in [0, 0.05) is 13.7 Å². The second kappa shape index (κ2) is 8.06. The molecule has 2 amide bonds. The number of hydrogen-bond donors (Lipinski definition) is 3. The lowest BCUT2D eigenvalue weighted by Gasteiger charge is -2.16. The van der Waals surface area contributed by atoms with Crippen molar-refractivity contribution in [2.75, 3.05) is 20.3 Å². The molecule has 0 saturated carbocycles. The van der Waals surface area contributed by atoms with Gasteiger partial charge in [0.2, 0.25) is 11.8 Å². The van der Waals surface area contributed by atoms with Gasteiger partial charge in [0.1, 0.15) is 6.04 Å². The Kier molecular flexibility index (Phi) is 7.49. The van der Waals surface area contributed by atoms with Crippen LogP contribution >= 0.6 is 0 Å². The molecular formula is C10H21N3O3. The zero-order valence-corrected chi connectivity index (χ0v) is 10.1. The van der Waals surface area contributed by atoms with Crippen LogP contribution < -0.4 is 16.4 Å². The largest absolute Gasteiger partial charge is 0.383 e. The van der Waals surface area contributed by atoms with E-state index in [9.17, 15) is 9.59 Å². The second-order valence-electron chi connectivity index (χ2n) is 3.53. The van der Waals surface area contributed by atoms with Crippen LogP contribution in [-0.4, -0.2) is 44.2 Å². The summed E-state index contributed by atoms with van der Waals surface area (Å²) >= 11 is 0. The summed E-state index contributed by atoms with van der Waals surface area (Å²) in [7, 11) is 1.55. The smallest absolute Gasteiger partial charge is 0.242 e. The van der Waals surface area contributed by atoms with Crippen LogP contribution in [0.25, 0.3) is 0 Å². The lowest BCUT2D eigenvalue weighted by atomic mass is 10.2. The quantitative estimate of drug-likeness (QED) is 0.489. The second-order valence-corrected chi connectivity index (χ2v) is 3.53. The van der Waals surface area contributed by atoms with Gasteiger partial charge in [-0.15, -0.1) is 0 Å². The molecule has 0 bridgehead atoms. The first kappa shape index (κ1) is 14.9. The van der Waals surface area contributed by atoms with Gasteiger partial charge >= 0.3 is 0 Å². The molecule has 6 heteroatoms. The van der Waals surface area contributed by atoms with Crippen molar-refractivity contribution >= 4 is 11.8 Å². The van der Waals surface area contributed by atoms with Gasteiger partial charge in [-0.3, -0.25) is 9.59 Å². The fourth-order valence-corrected chi connectivity index (χ4v) is 1.00. The normalized spacial score (nSPS) is 14.0. The van der Waals surface area contributed by atoms with Crippen molar-refractivity contribution in [1.82, 2.24) is 10.6 Å². The number of rotatable bonds is 7. The van der Waals surface area contributed by atoms with Crippen molar-refractivity contribution < 1.29 is 14.3 Å². The van der Waals surface area contributed by atoms with Crippen molar-refractivity contribution in [3.05, 3.63) is 0 Å². The summed E-state index contributed by atoms with van der Waals surface area (Å²) in [6, 6.07) is -1.14. The molecule has 6 nitrogen and oxygen atoms in total. The first-order valence-corrected chi connectivity index (χ1v) is 5.35. The molecule has 0 heterocycles. The van der Waals surface area contributed by atoms with Gasteiger partial charge in [-0.2, -0.15) is 0 Å². The molecule has 0 aromatic rings. The fourth-order valence-electron chi connectivity index (χ4n) is 1.00. The summed E-state index contributed by atoms with van der Waals surface area (Å²) in [5, 5.41) is 5.17. The predicted octanol–water partition coefficient (Wildman–Crippen LogP) is -1.01. The molecule has 1 unspecified atom stereocenters. The number of carbonyl (C=O) groups is 2. The number of carbonyl (C=O) groups excluding carboxylic acids is 2. The first-order chi connectivity index (χ1) is 7.52. The molecule has 0 rings (SSSR count). The molecule has 94 valence electrons. The number of nitrogens with one attached hydrogen (secondary N) is 2. The van der Waals surface area contributed by atoms with E-state index in [-0.39, 0.29) is 11.8 Å². The molecule has 0 aromatic heterocycles. The monoisotopic (exact) mass is 231 g/mol. The summed E-state index contributed by atoms with van der Waals surface area (Å²) in [4.78, 5) is 22.8. The molecule has 0 aliphatic rings. The molecular weight excluding hydrogens is 210 g/mol. The van der Waals surface area contributed by atoms with Crippen molar-refractivity contribution in [3.63, 3.8) is 0 Å². The van der Waals surface area contributed by atoms with Gasteiger partial charge in [0.05, 0.1) is 12.6 Å². The minimum Gasteiger partial charge on any atom is -0.383 e. The van der Waals surface area contributed by atoms with E-state index in [0.29, 0.717) is 19.6 Å². The molecule has 0 saturated heterocycles. The Morgan fingerprint density at radius 2 is 2.00 bits per heavy atom. The standard InChI is InChI=1S/C10H21N3O3/c1-4-8(11)10(15)13-7(2)9(14)12-5-6-16-3/h7-8H,4-6,11H2,1-3H3,(H,12,14)(H,13,15)/t7?,8-/m1/s1. The van der Waals surface area contributed by atoms with Crippen LogP contribution in [0.5, 0.6) is 0 Å². The average molecular weight is 231 g/mol. The van der Waals surface area contributed by atoms with E-state index in [1.807, 2.05) is 6.92 Å². The van der Waals surface area contributed by atoms with Crippen molar-refractivity contribution in [1.29, 1.82) is 0 Å². The van der Waals surface area contributed by atoms with Crippen molar-refractivity contribution in [3.8, 4) is 0 Å². The number of hydrogen-bond acceptors (Lipinski definition) is 4. The van der Waals surface area contributed by atoms with Gasteiger partial charge in [-0.05, 0) is 13.3 Å². The molecule has 4 N–H and O–H groups in total. The highest BCUT2D eigenvalue weighted by Gasteiger charge is 2.18. The number of ether oxygens (including phenoxy) is 1. The van der Waals surface area contributed by atoms with Gasteiger partial charge in [-0.1, -0.05) is 6.92 Å². The molecule has 2 atom stereocenters. The molecule has 0 spiro atoms. The Balaban J connectivity index is 3.91. The predicted molar refractivity (Wildman–Crippen MR) is 60.8 cm³/mol. The highest BCUT2D eigenvalue weighted by atomic mass is 16.5. The maximum Gasteiger partial charge on any atom is 0.242 e. The minimum atomic E-state index is -0.582. The van der Waals surface area contributed by atoms with Crippen molar-refractivity contribution in [2.24, 2.45) is 5.73 Å². The van der Waals surface area contributed by atoms with E-state index in [1.54, 1.807) is 14.0 Å². The highest BCUT2D eigenvalue weighted by molar-refractivity contribution is 5.89. The molecule has 0 fully saturated rings. The number of nitrogens with two attached hydrogens (primary N) is 1. The lowest BCUT2D eigenvalue weighted by molar-refractivity contribution is -0.129. The van der Waals surface area contributed by atoms with Gasteiger partial charge in [0.15, 0.2) is 0 Å². The van der Waals surface area contributed by atoms with Crippen LogP contribution in [0.15, 0.2) is 0 Å². The van der Waals surface area contributed by atoms with E-state index < -0.39 is 12.1 Å². The Morgan fingerprint density at radius 1 is 1.38 bits per heavy atom. The lowest BCUT2D eigenvalue weighted by Crippen LogP contribution is -2.50. The van der Waals surface area contributed by atoms with E-state index >= 15 is 0 Å². The Hall–Kier alpha value is -1.14. The molecule has 0 radical (unpaired) electrons. The van der Waals surface area contributed by atoms with Crippen LogP contribution in [0.4, 0.5) is 0 Å². The summed E-state index contributed by atoms with van der Waals surface area (Å²) in [6.07, 6.45) is 0.545. The minimum absolute atomic E-state index is 0.242. The topological polar surface area (TPSA) is 93.5 Å². The van der Waals surface area contributed by atoms with Crippen LogP contribution in [0.3, 0.4) is 0 Å². The Morgan fingerprint density at radius 3 is 2.50 bits per heavy atom. The zero-order chi connectivity index (χ0) is 12.6. The van der Waals surface area contributed by atoms with Crippen LogP contribution in [-0.2, 0) is 14.3 Å². The Labute approximate surface area is 95.9 Å². The SMILES string of the molecule is CC[C@@H](N)C(=O)NC(C)C(=O)NCCOC. The van der Waals surface area contributed by atoms with E-state index in [4.69, 9.17) is 10.5 Å². The van der Waals surface area contributed by atoms with E-state index in [0.717, 1.165) is 0 Å². The summed E-state index contributed by atoms with van der Waals surface area (Å²) in [6.45, 7) is 4.30. The zero-order valence-electron chi connectivity index (χ0n) is 10.1. The van der Waals surface area contributed by atoms with Crippen LogP contribution in [0, 0.1) is 0 Å². The molecule has 0 aromatic carbocycles. The van der Waals surface area contributed by atoms with Crippen LogP contribution in [0.2, 0.25) is 0 Å². The van der Waals surface area contributed by atoms with E-state index in [2.05, 4.69) is 10.6 Å². The number of methoxy groups -OCH3 is 1. The third kappa shape index (κ3) is 5.67. The van der Waals surface area contributed by atoms with Crippen molar-refractivity contribution in [2.45, 2.75) is 32.4 Å². The van der Waals surface area contributed by atoms with E-state index in [1.165, 1.54) is 0 Å². The maximum atomic E-state index is 11.4. The third-order valence-electron chi connectivity index (χ3n) is 2.13. The summed E-state index contributed by atoms with van der Waals surface area (Å²) < 4.78 is 4.79. The third-order valence-corrected chi connectivity index (χ3v) is 2.13. The number of amides is 2. The first-order valence-electron chi connectivity index (χ1n) is 5.35. The summed E-state index contributed by atoms with van der Waals surface area (Å²) in [5.41, 5.74) is 5.52. The molecule has 0 aliphatic carbocycles. The van der Waals surface area contributed by atoms with Crippen LogP contribution in [0.1, 0.15) is 20.3 Å².